The Morgan fingerprint density at radius 2 is 2.25 bits per heavy atom. The quantitative estimate of drug-likeness (QED) is 0.731. The highest BCUT2D eigenvalue weighted by atomic mass is 16.4. The summed E-state index contributed by atoms with van der Waals surface area (Å²) in [7, 11) is 0. The van der Waals surface area contributed by atoms with Crippen LogP contribution in [0, 0.1) is 11.8 Å². The van der Waals surface area contributed by atoms with Crippen LogP contribution in [-0.2, 0) is 4.79 Å². The van der Waals surface area contributed by atoms with Gasteiger partial charge in [-0.15, -0.1) is 0 Å². The van der Waals surface area contributed by atoms with E-state index in [1.807, 2.05) is 0 Å². The zero-order valence-electron chi connectivity index (χ0n) is 9.77. The summed E-state index contributed by atoms with van der Waals surface area (Å²) >= 11 is 0. The zero-order chi connectivity index (χ0) is 11.5. The van der Waals surface area contributed by atoms with Crippen molar-refractivity contribution in [2.75, 3.05) is 19.6 Å². The fraction of sp³-hybridized carbons (Fsp3) is 0.917. The first-order valence-corrected chi connectivity index (χ1v) is 6.36. The SMILES string of the molecule is NCCC1CC2CCC1CN2CCC(=O)O. The number of fused-ring (bicyclic) bond motifs is 3. The van der Waals surface area contributed by atoms with E-state index in [-0.39, 0.29) is 6.42 Å². The molecule has 3 fully saturated rings. The molecule has 1 saturated carbocycles. The van der Waals surface area contributed by atoms with E-state index in [0.29, 0.717) is 6.04 Å². The van der Waals surface area contributed by atoms with Gasteiger partial charge in [0.05, 0.1) is 6.42 Å². The van der Waals surface area contributed by atoms with Crippen molar-refractivity contribution in [2.45, 2.75) is 38.1 Å². The fourth-order valence-electron chi connectivity index (χ4n) is 3.40. The van der Waals surface area contributed by atoms with Crippen molar-refractivity contribution in [3.63, 3.8) is 0 Å². The van der Waals surface area contributed by atoms with E-state index in [1.165, 1.54) is 19.3 Å². The minimum absolute atomic E-state index is 0.283. The molecule has 3 unspecified atom stereocenters. The molecule has 2 aliphatic heterocycles. The Balaban J connectivity index is 1.85. The normalized spacial score (nSPS) is 34.2. The minimum atomic E-state index is -0.681. The van der Waals surface area contributed by atoms with Crippen molar-refractivity contribution in [1.82, 2.24) is 4.90 Å². The number of hydrogen-bond donors (Lipinski definition) is 2. The average Bonchev–Trinajstić information content (AvgIpc) is 2.28. The molecule has 2 bridgehead atoms. The first kappa shape index (κ1) is 11.9. The molecule has 0 spiro atoms. The molecular formula is C12H22N2O2. The van der Waals surface area contributed by atoms with Gasteiger partial charge in [0.1, 0.15) is 0 Å². The number of aliphatic carboxylic acids is 1. The van der Waals surface area contributed by atoms with Gasteiger partial charge in [-0.05, 0) is 44.1 Å². The van der Waals surface area contributed by atoms with E-state index in [4.69, 9.17) is 10.8 Å². The van der Waals surface area contributed by atoms with Crippen LogP contribution in [0.4, 0.5) is 0 Å². The Hall–Kier alpha value is -0.610. The average molecular weight is 226 g/mol. The standard InChI is InChI=1S/C12H22N2O2/c13-5-3-9-7-11-2-1-10(9)8-14(11)6-4-12(15)16/h9-11H,1-8,13H2,(H,15,16). The van der Waals surface area contributed by atoms with Gasteiger partial charge >= 0.3 is 5.97 Å². The molecular weight excluding hydrogens is 204 g/mol. The highest BCUT2D eigenvalue weighted by molar-refractivity contribution is 5.66. The number of rotatable bonds is 5. The predicted molar refractivity (Wildman–Crippen MR) is 62.1 cm³/mol. The highest BCUT2D eigenvalue weighted by Gasteiger charge is 2.39. The Morgan fingerprint density at radius 1 is 1.44 bits per heavy atom. The largest absolute Gasteiger partial charge is 0.481 e. The lowest BCUT2D eigenvalue weighted by Crippen LogP contribution is -2.52. The molecule has 0 radical (unpaired) electrons. The number of carboxylic acids is 1. The summed E-state index contributed by atoms with van der Waals surface area (Å²) in [5.41, 5.74) is 5.63. The van der Waals surface area contributed by atoms with Gasteiger partial charge in [-0.1, -0.05) is 0 Å². The van der Waals surface area contributed by atoms with Crippen molar-refractivity contribution >= 4 is 5.97 Å². The van der Waals surface area contributed by atoms with Crippen LogP contribution < -0.4 is 5.73 Å². The van der Waals surface area contributed by atoms with Crippen LogP contribution in [0.25, 0.3) is 0 Å². The van der Waals surface area contributed by atoms with Crippen molar-refractivity contribution in [1.29, 1.82) is 0 Å². The number of nitrogens with two attached hydrogens (primary N) is 1. The van der Waals surface area contributed by atoms with E-state index in [1.54, 1.807) is 0 Å². The smallest absolute Gasteiger partial charge is 0.304 e. The van der Waals surface area contributed by atoms with Gasteiger partial charge in [-0.3, -0.25) is 9.69 Å². The monoisotopic (exact) mass is 226 g/mol. The Morgan fingerprint density at radius 3 is 2.81 bits per heavy atom. The van der Waals surface area contributed by atoms with Crippen molar-refractivity contribution < 1.29 is 9.90 Å². The number of piperidine rings is 2. The lowest BCUT2D eigenvalue weighted by atomic mass is 9.70. The summed E-state index contributed by atoms with van der Waals surface area (Å²) in [5.74, 6) is 0.882. The second kappa shape index (κ2) is 5.15. The third-order valence-corrected chi connectivity index (χ3v) is 4.25. The van der Waals surface area contributed by atoms with Crippen LogP contribution >= 0.6 is 0 Å². The Bertz CT molecular complexity index is 257. The Labute approximate surface area is 96.8 Å². The maximum Gasteiger partial charge on any atom is 0.304 e. The molecule has 3 atom stereocenters. The molecule has 3 N–H and O–H groups in total. The van der Waals surface area contributed by atoms with Gasteiger partial charge in [0.15, 0.2) is 0 Å². The van der Waals surface area contributed by atoms with Crippen molar-refractivity contribution in [3.8, 4) is 0 Å². The first-order chi connectivity index (χ1) is 7.70. The van der Waals surface area contributed by atoms with E-state index < -0.39 is 5.97 Å². The molecule has 2 saturated heterocycles. The molecule has 3 aliphatic rings. The fourth-order valence-corrected chi connectivity index (χ4v) is 3.40. The molecule has 16 heavy (non-hydrogen) atoms. The maximum absolute atomic E-state index is 10.6. The molecule has 3 rings (SSSR count). The van der Waals surface area contributed by atoms with Gasteiger partial charge in [0.25, 0.3) is 0 Å². The van der Waals surface area contributed by atoms with Gasteiger partial charge < -0.3 is 10.8 Å². The molecule has 0 amide bonds. The molecule has 4 heteroatoms. The molecule has 0 aromatic rings. The van der Waals surface area contributed by atoms with Gasteiger partial charge in [0, 0.05) is 19.1 Å². The van der Waals surface area contributed by atoms with Crippen molar-refractivity contribution in [2.24, 2.45) is 17.6 Å². The topological polar surface area (TPSA) is 66.6 Å². The molecule has 92 valence electrons. The minimum Gasteiger partial charge on any atom is -0.481 e. The van der Waals surface area contributed by atoms with E-state index >= 15 is 0 Å². The first-order valence-electron chi connectivity index (χ1n) is 6.36. The Kier molecular flexibility index (Phi) is 3.82. The summed E-state index contributed by atoms with van der Waals surface area (Å²) in [6.07, 6.45) is 5.24. The summed E-state index contributed by atoms with van der Waals surface area (Å²) < 4.78 is 0. The molecule has 0 aromatic carbocycles. The van der Waals surface area contributed by atoms with Crippen LogP contribution in [0.2, 0.25) is 0 Å². The predicted octanol–water partition coefficient (Wildman–Crippen LogP) is 0.910. The highest BCUT2D eigenvalue weighted by Crippen LogP contribution is 2.40. The van der Waals surface area contributed by atoms with E-state index in [9.17, 15) is 4.79 Å². The number of nitrogens with zero attached hydrogens (tertiary/aromatic N) is 1. The third-order valence-electron chi connectivity index (χ3n) is 4.25. The van der Waals surface area contributed by atoms with E-state index in [2.05, 4.69) is 4.90 Å². The van der Waals surface area contributed by atoms with Gasteiger partial charge in [-0.2, -0.15) is 0 Å². The molecule has 4 nitrogen and oxygen atoms in total. The van der Waals surface area contributed by atoms with Crippen molar-refractivity contribution in [3.05, 3.63) is 0 Å². The van der Waals surface area contributed by atoms with Gasteiger partial charge in [0.2, 0.25) is 0 Å². The van der Waals surface area contributed by atoms with E-state index in [0.717, 1.165) is 37.9 Å². The third kappa shape index (κ3) is 2.55. The molecule has 0 aromatic heterocycles. The zero-order valence-corrected chi connectivity index (χ0v) is 9.77. The van der Waals surface area contributed by atoms with Crippen LogP contribution in [0.15, 0.2) is 0 Å². The second-order valence-corrected chi connectivity index (χ2v) is 5.20. The summed E-state index contributed by atoms with van der Waals surface area (Å²) in [4.78, 5) is 13.0. The number of carboxylic acid groups (broad SMARTS) is 1. The number of hydrogen-bond acceptors (Lipinski definition) is 3. The second-order valence-electron chi connectivity index (χ2n) is 5.20. The lowest BCUT2D eigenvalue weighted by Gasteiger charge is -2.49. The molecule has 2 heterocycles. The van der Waals surface area contributed by atoms with Crippen LogP contribution in [-0.4, -0.2) is 41.7 Å². The van der Waals surface area contributed by atoms with Gasteiger partial charge in [-0.25, -0.2) is 0 Å². The maximum atomic E-state index is 10.6. The summed E-state index contributed by atoms with van der Waals surface area (Å²) in [6.45, 7) is 2.62. The lowest BCUT2D eigenvalue weighted by molar-refractivity contribution is -0.138. The van der Waals surface area contributed by atoms with Crippen LogP contribution in [0.1, 0.15) is 32.1 Å². The number of carbonyl (C=O) groups is 1. The molecule has 1 aliphatic carbocycles. The van der Waals surface area contributed by atoms with Crippen LogP contribution in [0.5, 0.6) is 0 Å². The summed E-state index contributed by atoms with van der Waals surface area (Å²) in [6, 6.07) is 0.626. The summed E-state index contributed by atoms with van der Waals surface area (Å²) in [5, 5.41) is 8.71. The van der Waals surface area contributed by atoms with Crippen LogP contribution in [0.3, 0.4) is 0 Å².